The summed E-state index contributed by atoms with van der Waals surface area (Å²) in [6, 6.07) is 1.53. The standard InChI is InChI=1S/C10H9F3O3S/c1-2-16-9(15)5-3-4-6(10(11,12)13)8(17)7(5)14/h3-4,14,17H,2H2,1H3. The third-order valence-electron chi connectivity index (χ3n) is 1.95. The Morgan fingerprint density at radius 1 is 1.47 bits per heavy atom. The average Bonchev–Trinajstić information content (AvgIpc) is 2.20. The molecule has 0 aliphatic rings. The quantitative estimate of drug-likeness (QED) is 0.639. The Hall–Kier alpha value is -1.37. The number of benzene rings is 1. The van der Waals surface area contributed by atoms with Gasteiger partial charge in [0, 0.05) is 0 Å². The van der Waals surface area contributed by atoms with Crippen molar-refractivity contribution in [3.63, 3.8) is 0 Å². The minimum atomic E-state index is -4.64. The summed E-state index contributed by atoms with van der Waals surface area (Å²) in [5.74, 6) is -1.73. The van der Waals surface area contributed by atoms with Gasteiger partial charge in [-0.25, -0.2) is 4.79 Å². The van der Waals surface area contributed by atoms with Crippen molar-refractivity contribution in [2.24, 2.45) is 0 Å². The number of carbonyl (C=O) groups is 1. The van der Waals surface area contributed by atoms with Gasteiger partial charge in [0.15, 0.2) is 0 Å². The highest BCUT2D eigenvalue weighted by Gasteiger charge is 2.35. The van der Waals surface area contributed by atoms with Crippen molar-refractivity contribution in [2.75, 3.05) is 6.61 Å². The first kappa shape index (κ1) is 13.7. The van der Waals surface area contributed by atoms with E-state index in [1.807, 2.05) is 0 Å². The first-order valence-electron chi connectivity index (χ1n) is 4.58. The van der Waals surface area contributed by atoms with Gasteiger partial charge in [-0.05, 0) is 19.1 Å². The number of hydrogen-bond donors (Lipinski definition) is 2. The molecule has 0 aliphatic carbocycles. The molecule has 1 rings (SSSR count). The van der Waals surface area contributed by atoms with Crippen LogP contribution in [-0.2, 0) is 10.9 Å². The van der Waals surface area contributed by atoms with Crippen molar-refractivity contribution in [1.82, 2.24) is 0 Å². The molecular weight excluding hydrogens is 257 g/mol. The molecule has 0 aliphatic heterocycles. The zero-order valence-electron chi connectivity index (χ0n) is 8.71. The number of esters is 1. The van der Waals surface area contributed by atoms with Gasteiger partial charge in [0.2, 0.25) is 0 Å². The Bertz CT molecular complexity index is 443. The monoisotopic (exact) mass is 266 g/mol. The Labute approximate surface area is 101 Å². The van der Waals surface area contributed by atoms with Crippen molar-refractivity contribution in [3.05, 3.63) is 23.3 Å². The number of aromatic hydroxyl groups is 1. The van der Waals surface area contributed by atoms with E-state index < -0.39 is 28.4 Å². The molecule has 3 nitrogen and oxygen atoms in total. The summed E-state index contributed by atoms with van der Waals surface area (Å²) in [5.41, 5.74) is -1.45. The Balaban J connectivity index is 3.25. The van der Waals surface area contributed by atoms with Crippen molar-refractivity contribution in [2.45, 2.75) is 18.0 Å². The van der Waals surface area contributed by atoms with Crippen LogP contribution in [0.2, 0.25) is 0 Å². The molecule has 0 unspecified atom stereocenters. The van der Waals surface area contributed by atoms with Crippen LogP contribution in [0.5, 0.6) is 5.75 Å². The molecule has 0 amide bonds. The minimum Gasteiger partial charge on any atom is -0.506 e. The molecule has 0 radical (unpaired) electrons. The van der Waals surface area contributed by atoms with Crippen LogP contribution < -0.4 is 0 Å². The second kappa shape index (κ2) is 4.87. The summed E-state index contributed by atoms with van der Waals surface area (Å²) < 4.78 is 41.9. The number of rotatable bonds is 2. The maximum atomic E-state index is 12.4. The molecule has 0 atom stereocenters. The lowest BCUT2D eigenvalue weighted by atomic mass is 10.1. The first-order valence-corrected chi connectivity index (χ1v) is 5.03. The number of hydrogen-bond acceptors (Lipinski definition) is 4. The molecule has 0 bridgehead atoms. The fourth-order valence-corrected chi connectivity index (χ4v) is 1.50. The molecule has 0 saturated carbocycles. The molecule has 0 aromatic heterocycles. The van der Waals surface area contributed by atoms with Crippen LogP contribution in [0.15, 0.2) is 17.0 Å². The van der Waals surface area contributed by atoms with Gasteiger partial charge in [-0.2, -0.15) is 13.2 Å². The zero-order valence-corrected chi connectivity index (χ0v) is 9.60. The van der Waals surface area contributed by atoms with Gasteiger partial charge in [-0.15, -0.1) is 12.6 Å². The molecule has 1 aromatic carbocycles. The number of carbonyl (C=O) groups excluding carboxylic acids is 1. The lowest BCUT2D eigenvalue weighted by Gasteiger charge is -2.12. The number of halogens is 3. The summed E-state index contributed by atoms with van der Waals surface area (Å²) in [6.45, 7) is 1.60. The second-order valence-corrected chi connectivity index (χ2v) is 3.52. The Morgan fingerprint density at radius 2 is 2.06 bits per heavy atom. The lowest BCUT2D eigenvalue weighted by Crippen LogP contribution is -2.10. The van der Waals surface area contributed by atoms with Crippen molar-refractivity contribution in [1.29, 1.82) is 0 Å². The zero-order chi connectivity index (χ0) is 13.2. The average molecular weight is 266 g/mol. The smallest absolute Gasteiger partial charge is 0.417 e. The molecule has 0 saturated heterocycles. The van der Waals surface area contributed by atoms with Crippen molar-refractivity contribution >= 4 is 18.6 Å². The largest absolute Gasteiger partial charge is 0.506 e. The molecule has 1 aromatic rings. The number of ether oxygens (including phenoxy) is 1. The van der Waals surface area contributed by atoms with E-state index in [0.29, 0.717) is 6.07 Å². The van der Waals surface area contributed by atoms with Crippen LogP contribution in [0.4, 0.5) is 13.2 Å². The highest BCUT2D eigenvalue weighted by Crippen LogP contribution is 2.39. The summed E-state index contributed by atoms with van der Waals surface area (Å²) in [7, 11) is 0. The molecule has 94 valence electrons. The molecule has 17 heavy (non-hydrogen) atoms. The van der Waals surface area contributed by atoms with Crippen LogP contribution in [0.1, 0.15) is 22.8 Å². The Kier molecular flexibility index (Phi) is 3.92. The van der Waals surface area contributed by atoms with Crippen LogP contribution in [-0.4, -0.2) is 17.7 Å². The maximum Gasteiger partial charge on any atom is 0.417 e. The van der Waals surface area contributed by atoms with E-state index in [4.69, 9.17) is 0 Å². The minimum absolute atomic E-state index is 0.0567. The van der Waals surface area contributed by atoms with Gasteiger partial charge in [0.1, 0.15) is 11.3 Å². The van der Waals surface area contributed by atoms with Gasteiger partial charge in [0.05, 0.1) is 17.1 Å². The van der Waals surface area contributed by atoms with E-state index in [1.165, 1.54) is 0 Å². The summed E-state index contributed by atoms with van der Waals surface area (Å²) in [4.78, 5) is 10.6. The maximum absolute atomic E-state index is 12.4. The van der Waals surface area contributed by atoms with Crippen molar-refractivity contribution < 1.29 is 27.8 Å². The molecule has 1 N–H and O–H groups in total. The fourth-order valence-electron chi connectivity index (χ4n) is 1.18. The van der Waals surface area contributed by atoms with Gasteiger partial charge < -0.3 is 9.84 Å². The predicted octanol–water partition coefficient (Wildman–Crippen LogP) is 2.88. The summed E-state index contributed by atoms with van der Waals surface area (Å²) in [5, 5.41) is 9.46. The molecule has 0 spiro atoms. The predicted molar refractivity (Wildman–Crippen MR) is 56.3 cm³/mol. The fraction of sp³-hybridized carbons (Fsp3) is 0.300. The highest BCUT2D eigenvalue weighted by molar-refractivity contribution is 7.80. The van der Waals surface area contributed by atoms with E-state index >= 15 is 0 Å². The third kappa shape index (κ3) is 2.85. The lowest BCUT2D eigenvalue weighted by molar-refractivity contribution is -0.139. The SMILES string of the molecule is CCOC(=O)c1ccc(C(F)(F)F)c(S)c1O. The van der Waals surface area contributed by atoms with E-state index in [2.05, 4.69) is 17.4 Å². The van der Waals surface area contributed by atoms with Crippen molar-refractivity contribution in [3.8, 4) is 5.75 Å². The van der Waals surface area contributed by atoms with Crippen LogP contribution >= 0.6 is 12.6 Å². The van der Waals surface area contributed by atoms with E-state index in [0.717, 1.165) is 6.07 Å². The number of phenols is 1. The first-order chi connectivity index (χ1) is 7.79. The van der Waals surface area contributed by atoms with Gasteiger partial charge in [-0.1, -0.05) is 0 Å². The van der Waals surface area contributed by atoms with Gasteiger partial charge >= 0.3 is 12.1 Å². The summed E-state index contributed by atoms with van der Waals surface area (Å²) in [6.07, 6.45) is -4.64. The van der Waals surface area contributed by atoms with E-state index in [-0.39, 0.29) is 12.2 Å². The highest BCUT2D eigenvalue weighted by atomic mass is 32.1. The number of phenolic OH excluding ortho intramolecular Hbond substituents is 1. The molecular formula is C10H9F3O3S. The van der Waals surface area contributed by atoms with E-state index in [9.17, 15) is 23.1 Å². The van der Waals surface area contributed by atoms with Gasteiger partial charge in [0.25, 0.3) is 0 Å². The van der Waals surface area contributed by atoms with Crippen LogP contribution in [0, 0.1) is 0 Å². The normalized spacial score (nSPS) is 11.4. The van der Waals surface area contributed by atoms with Gasteiger partial charge in [-0.3, -0.25) is 0 Å². The summed E-state index contributed by atoms with van der Waals surface area (Å²) >= 11 is 3.56. The number of thiol groups is 1. The molecule has 0 fully saturated rings. The molecule has 7 heteroatoms. The van der Waals surface area contributed by atoms with E-state index in [1.54, 1.807) is 6.92 Å². The third-order valence-corrected chi connectivity index (χ3v) is 2.40. The molecule has 0 heterocycles. The topological polar surface area (TPSA) is 46.5 Å². The Morgan fingerprint density at radius 3 is 2.53 bits per heavy atom. The van der Waals surface area contributed by atoms with Crippen LogP contribution in [0.25, 0.3) is 0 Å². The second-order valence-electron chi connectivity index (χ2n) is 3.08. The number of alkyl halides is 3. The van der Waals surface area contributed by atoms with Crippen LogP contribution in [0.3, 0.4) is 0 Å².